The summed E-state index contributed by atoms with van der Waals surface area (Å²) < 4.78 is 0. The van der Waals surface area contributed by atoms with Gasteiger partial charge in [-0.15, -0.1) is 11.8 Å². The summed E-state index contributed by atoms with van der Waals surface area (Å²) in [6.07, 6.45) is 4.94. The predicted octanol–water partition coefficient (Wildman–Crippen LogP) is 2.76. The standard InChI is InChI=1S/C4H6S.C3H6S/c1-2-4-5-3-1;1-2-4-3-1/h1,3H,2,4H2;1-3H2. The smallest absolute Gasteiger partial charge is 0.000884 e. The van der Waals surface area contributed by atoms with Crippen LogP contribution in [0.4, 0.5) is 0 Å². The van der Waals surface area contributed by atoms with Gasteiger partial charge in [0.25, 0.3) is 0 Å². The van der Waals surface area contributed by atoms with Crippen molar-refractivity contribution in [3.63, 3.8) is 0 Å². The van der Waals surface area contributed by atoms with Gasteiger partial charge in [0.15, 0.2) is 0 Å². The van der Waals surface area contributed by atoms with E-state index in [1.165, 1.54) is 30.1 Å². The first-order valence-electron chi connectivity index (χ1n) is 3.34. The van der Waals surface area contributed by atoms with E-state index in [1.54, 1.807) is 0 Å². The minimum atomic E-state index is 1.28. The molecule has 2 aliphatic heterocycles. The lowest BCUT2D eigenvalue weighted by Crippen LogP contribution is -1.94. The van der Waals surface area contributed by atoms with E-state index in [0.29, 0.717) is 0 Å². The third kappa shape index (κ3) is 3.93. The van der Waals surface area contributed by atoms with Crippen LogP contribution in [0.1, 0.15) is 12.8 Å². The van der Waals surface area contributed by atoms with Crippen molar-refractivity contribution in [3.8, 4) is 0 Å². The van der Waals surface area contributed by atoms with Crippen LogP contribution in [-0.4, -0.2) is 17.3 Å². The Morgan fingerprint density at radius 1 is 1.11 bits per heavy atom. The Hall–Kier alpha value is 0.440. The molecule has 1 saturated heterocycles. The maximum absolute atomic E-state index is 2.20. The Bertz CT molecular complexity index is 74.9. The van der Waals surface area contributed by atoms with Gasteiger partial charge in [-0.1, -0.05) is 6.08 Å². The third-order valence-corrected chi connectivity index (χ3v) is 3.18. The molecule has 9 heavy (non-hydrogen) atoms. The summed E-state index contributed by atoms with van der Waals surface area (Å²) in [4.78, 5) is 0. The molecule has 52 valence electrons. The number of hydrogen-bond donors (Lipinski definition) is 0. The van der Waals surface area contributed by atoms with Crippen molar-refractivity contribution in [1.29, 1.82) is 0 Å². The molecule has 1 fully saturated rings. The molecule has 0 amide bonds. The minimum absolute atomic E-state index is 1.28. The van der Waals surface area contributed by atoms with Crippen molar-refractivity contribution < 1.29 is 0 Å². The number of allylic oxidation sites excluding steroid dienone is 1. The third-order valence-electron chi connectivity index (χ3n) is 1.17. The lowest BCUT2D eigenvalue weighted by Gasteiger charge is -2.05. The quantitative estimate of drug-likeness (QED) is 0.534. The zero-order valence-corrected chi connectivity index (χ0v) is 7.14. The average molecular weight is 160 g/mol. The first kappa shape index (κ1) is 7.55. The lowest BCUT2D eigenvalue weighted by atomic mass is 10.5. The van der Waals surface area contributed by atoms with Gasteiger partial charge in [-0.3, -0.25) is 0 Å². The summed E-state index contributed by atoms with van der Waals surface area (Å²) in [5.41, 5.74) is 0. The SMILES string of the molecule is C1=CSCC1.C1CSC1. The maximum Gasteiger partial charge on any atom is 0.000884 e. The zero-order chi connectivity index (χ0) is 6.36. The van der Waals surface area contributed by atoms with Crippen LogP contribution in [0.25, 0.3) is 0 Å². The van der Waals surface area contributed by atoms with E-state index < -0.39 is 0 Å². The van der Waals surface area contributed by atoms with Gasteiger partial charge in [-0.2, -0.15) is 11.8 Å². The topological polar surface area (TPSA) is 0 Å². The summed E-state index contributed by atoms with van der Waals surface area (Å²) >= 11 is 3.93. The monoisotopic (exact) mass is 160 g/mol. The van der Waals surface area contributed by atoms with Crippen LogP contribution < -0.4 is 0 Å². The predicted molar refractivity (Wildman–Crippen MR) is 48.2 cm³/mol. The molecular formula is C7H12S2. The van der Waals surface area contributed by atoms with Gasteiger partial charge in [-0.05, 0) is 29.8 Å². The van der Waals surface area contributed by atoms with Crippen molar-refractivity contribution in [3.05, 3.63) is 11.5 Å². The number of rotatable bonds is 0. The second kappa shape index (κ2) is 5.24. The molecule has 0 N–H and O–H groups in total. The van der Waals surface area contributed by atoms with Crippen LogP contribution >= 0.6 is 23.5 Å². The van der Waals surface area contributed by atoms with Crippen molar-refractivity contribution in [2.24, 2.45) is 0 Å². The van der Waals surface area contributed by atoms with Crippen molar-refractivity contribution >= 4 is 23.5 Å². The molecule has 0 aromatic heterocycles. The van der Waals surface area contributed by atoms with Crippen LogP contribution in [0.3, 0.4) is 0 Å². The molecule has 0 saturated carbocycles. The highest BCUT2D eigenvalue weighted by molar-refractivity contribution is 8.02. The van der Waals surface area contributed by atoms with E-state index in [-0.39, 0.29) is 0 Å². The van der Waals surface area contributed by atoms with Gasteiger partial charge < -0.3 is 0 Å². The Kier molecular flexibility index (Phi) is 4.40. The fourth-order valence-electron chi connectivity index (χ4n) is 0.485. The molecule has 0 aromatic carbocycles. The first-order valence-corrected chi connectivity index (χ1v) is 5.55. The summed E-state index contributed by atoms with van der Waals surface area (Å²) in [6.45, 7) is 0. The molecule has 0 unspecified atom stereocenters. The van der Waals surface area contributed by atoms with E-state index in [1.807, 2.05) is 23.5 Å². The second-order valence-electron chi connectivity index (χ2n) is 2.00. The summed E-state index contributed by atoms with van der Waals surface area (Å²) in [6, 6.07) is 0. The number of hydrogen-bond acceptors (Lipinski definition) is 2. The molecule has 2 rings (SSSR count). The minimum Gasteiger partial charge on any atom is -0.162 e. The van der Waals surface area contributed by atoms with E-state index in [2.05, 4.69) is 11.5 Å². The molecule has 2 aliphatic rings. The Labute approximate surface area is 65.5 Å². The average Bonchev–Trinajstić information content (AvgIpc) is 2.07. The molecule has 0 spiro atoms. The maximum atomic E-state index is 2.20. The van der Waals surface area contributed by atoms with Crippen molar-refractivity contribution in [2.45, 2.75) is 12.8 Å². The summed E-state index contributed by atoms with van der Waals surface area (Å²) in [5, 5.41) is 2.15. The fourth-order valence-corrected chi connectivity index (χ4v) is 1.45. The van der Waals surface area contributed by atoms with Gasteiger partial charge >= 0.3 is 0 Å². The Morgan fingerprint density at radius 3 is 1.89 bits per heavy atom. The van der Waals surface area contributed by atoms with Crippen LogP contribution in [0, 0.1) is 0 Å². The van der Waals surface area contributed by atoms with Gasteiger partial charge in [-0.25, -0.2) is 0 Å². The molecular weight excluding hydrogens is 148 g/mol. The van der Waals surface area contributed by atoms with Crippen molar-refractivity contribution in [1.82, 2.24) is 0 Å². The zero-order valence-electron chi connectivity index (χ0n) is 5.51. The highest BCUT2D eigenvalue weighted by atomic mass is 32.2. The van der Waals surface area contributed by atoms with Gasteiger partial charge in [0, 0.05) is 5.75 Å². The molecule has 0 aliphatic carbocycles. The van der Waals surface area contributed by atoms with Gasteiger partial charge in [0.1, 0.15) is 0 Å². The van der Waals surface area contributed by atoms with E-state index in [4.69, 9.17) is 0 Å². The van der Waals surface area contributed by atoms with Gasteiger partial charge in [0.05, 0.1) is 0 Å². The van der Waals surface area contributed by atoms with Crippen LogP contribution in [-0.2, 0) is 0 Å². The molecule has 2 heteroatoms. The fraction of sp³-hybridized carbons (Fsp3) is 0.714. The molecule has 0 bridgehead atoms. The summed E-state index contributed by atoms with van der Waals surface area (Å²) in [7, 11) is 0. The van der Waals surface area contributed by atoms with Crippen LogP contribution in [0.2, 0.25) is 0 Å². The second-order valence-corrected chi connectivity index (χ2v) is 4.24. The Morgan fingerprint density at radius 2 is 1.78 bits per heavy atom. The molecule has 0 atom stereocenters. The molecule has 0 nitrogen and oxygen atoms in total. The lowest BCUT2D eigenvalue weighted by molar-refractivity contribution is 1.06. The molecule has 0 aromatic rings. The van der Waals surface area contributed by atoms with E-state index in [9.17, 15) is 0 Å². The van der Waals surface area contributed by atoms with Crippen LogP contribution in [0.15, 0.2) is 11.5 Å². The van der Waals surface area contributed by atoms with Crippen LogP contribution in [0.5, 0.6) is 0 Å². The van der Waals surface area contributed by atoms with E-state index in [0.717, 1.165) is 0 Å². The molecule has 0 radical (unpaired) electrons. The normalized spacial score (nSPS) is 22.2. The molecule has 2 heterocycles. The van der Waals surface area contributed by atoms with Crippen molar-refractivity contribution in [2.75, 3.05) is 17.3 Å². The Balaban J connectivity index is 0.0000000922. The summed E-state index contributed by atoms with van der Waals surface area (Å²) in [5.74, 6) is 4.14. The highest BCUT2D eigenvalue weighted by Crippen LogP contribution is 2.14. The largest absolute Gasteiger partial charge is 0.162 e. The van der Waals surface area contributed by atoms with Gasteiger partial charge in [0.2, 0.25) is 0 Å². The first-order chi connectivity index (χ1) is 4.50. The highest BCUT2D eigenvalue weighted by Gasteiger charge is 1.95. The number of thioether (sulfide) groups is 2. The van der Waals surface area contributed by atoms with E-state index >= 15 is 0 Å².